The molecule has 1 N–H and O–H groups in total. The number of benzene rings is 1. The molecule has 0 unspecified atom stereocenters. The zero-order valence-electron chi connectivity index (χ0n) is 12.7. The number of imidazole rings is 1. The molecule has 20 heavy (non-hydrogen) atoms. The first-order valence-corrected chi connectivity index (χ1v) is 7.83. The van der Waals surface area contributed by atoms with Gasteiger partial charge in [-0.25, -0.2) is 4.98 Å². The largest absolute Gasteiger partial charge is 0.329 e. The highest BCUT2D eigenvalue weighted by atomic mass is 32.2. The van der Waals surface area contributed by atoms with E-state index in [-0.39, 0.29) is 0 Å². The predicted molar refractivity (Wildman–Crippen MR) is 85.1 cm³/mol. The minimum atomic E-state index is 0.689. The third-order valence-corrected chi connectivity index (χ3v) is 4.35. The van der Waals surface area contributed by atoms with Gasteiger partial charge in [-0.05, 0) is 36.6 Å². The fourth-order valence-electron chi connectivity index (χ4n) is 1.99. The van der Waals surface area contributed by atoms with Crippen LogP contribution < -0.4 is 5.32 Å². The van der Waals surface area contributed by atoms with E-state index in [0.29, 0.717) is 5.92 Å². The number of hydrogen-bond acceptors (Lipinski definition) is 3. The summed E-state index contributed by atoms with van der Waals surface area (Å²) in [6.07, 6.45) is 3.81. The highest BCUT2D eigenvalue weighted by molar-refractivity contribution is 7.99. The molecular weight excluding hydrogens is 266 g/mol. The summed E-state index contributed by atoms with van der Waals surface area (Å²) >= 11 is 1.72. The van der Waals surface area contributed by atoms with Gasteiger partial charge in [0.25, 0.3) is 0 Å². The standard InChI is InChI=1S/C16H23N3S/c1-12(2)10-17-11-14-5-6-15(13(3)9-14)20-16-18-7-8-19(16)4/h5-9,12,17H,10-11H2,1-4H3. The molecule has 2 rings (SSSR count). The van der Waals surface area contributed by atoms with E-state index in [9.17, 15) is 0 Å². The molecule has 0 aliphatic carbocycles. The molecule has 4 heteroatoms. The maximum absolute atomic E-state index is 4.36. The van der Waals surface area contributed by atoms with Gasteiger partial charge in [-0.15, -0.1) is 0 Å². The van der Waals surface area contributed by atoms with Gasteiger partial charge < -0.3 is 9.88 Å². The van der Waals surface area contributed by atoms with Gasteiger partial charge in [-0.3, -0.25) is 0 Å². The highest BCUT2D eigenvalue weighted by Crippen LogP contribution is 2.29. The van der Waals surface area contributed by atoms with Crippen LogP contribution in [0.2, 0.25) is 0 Å². The van der Waals surface area contributed by atoms with Crippen LogP contribution in [0.5, 0.6) is 0 Å². The molecule has 1 aromatic carbocycles. The van der Waals surface area contributed by atoms with Gasteiger partial charge in [0, 0.05) is 30.9 Å². The number of rotatable bonds is 6. The third kappa shape index (κ3) is 4.12. The number of nitrogens with one attached hydrogen (secondary N) is 1. The van der Waals surface area contributed by atoms with Crippen molar-refractivity contribution < 1.29 is 0 Å². The second-order valence-electron chi connectivity index (χ2n) is 5.55. The zero-order valence-corrected chi connectivity index (χ0v) is 13.5. The van der Waals surface area contributed by atoms with Crippen molar-refractivity contribution in [2.75, 3.05) is 6.54 Å². The topological polar surface area (TPSA) is 29.9 Å². The molecule has 2 aromatic rings. The average molecular weight is 289 g/mol. The molecule has 0 fully saturated rings. The third-order valence-electron chi connectivity index (χ3n) is 3.10. The summed E-state index contributed by atoms with van der Waals surface area (Å²) < 4.78 is 2.04. The van der Waals surface area contributed by atoms with Gasteiger partial charge in [-0.1, -0.05) is 37.7 Å². The maximum atomic E-state index is 4.36. The SMILES string of the molecule is Cc1cc(CNCC(C)C)ccc1Sc1nccn1C. The lowest BCUT2D eigenvalue weighted by Crippen LogP contribution is -2.18. The highest BCUT2D eigenvalue weighted by Gasteiger charge is 2.06. The van der Waals surface area contributed by atoms with Crippen molar-refractivity contribution >= 4 is 11.8 Å². The Bertz CT molecular complexity index is 561. The molecule has 0 radical (unpaired) electrons. The Morgan fingerprint density at radius 1 is 1.35 bits per heavy atom. The van der Waals surface area contributed by atoms with Crippen LogP contribution in [0, 0.1) is 12.8 Å². The summed E-state index contributed by atoms with van der Waals surface area (Å²) in [6, 6.07) is 6.66. The molecule has 0 aliphatic rings. The van der Waals surface area contributed by atoms with Crippen LogP contribution in [0.25, 0.3) is 0 Å². The van der Waals surface area contributed by atoms with Crippen molar-refractivity contribution in [3.63, 3.8) is 0 Å². The summed E-state index contributed by atoms with van der Waals surface area (Å²) in [5.41, 5.74) is 2.65. The number of nitrogens with zero attached hydrogens (tertiary/aromatic N) is 2. The Balaban J connectivity index is 2.01. The first kappa shape index (κ1) is 15.1. The number of aryl methyl sites for hydroxylation is 2. The van der Waals surface area contributed by atoms with Crippen LogP contribution in [-0.4, -0.2) is 16.1 Å². The van der Waals surface area contributed by atoms with E-state index in [4.69, 9.17) is 0 Å². The van der Waals surface area contributed by atoms with E-state index in [0.717, 1.165) is 18.2 Å². The molecule has 1 heterocycles. The molecule has 0 saturated carbocycles. The van der Waals surface area contributed by atoms with E-state index in [2.05, 4.69) is 49.3 Å². The van der Waals surface area contributed by atoms with Crippen molar-refractivity contribution in [2.45, 2.75) is 37.4 Å². The summed E-state index contributed by atoms with van der Waals surface area (Å²) in [5, 5.41) is 4.51. The zero-order chi connectivity index (χ0) is 14.5. The first-order valence-electron chi connectivity index (χ1n) is 7.01. The van der Waals surface area contributed by atoms with Gasteiger partial charge in [0.1, 0.15) is 0 Å². The Morgan fingerprint density at radius 3 is 2.75 bits per heavy atom. The van der Waals surface area contributed by atoms with Crippen molar-refractivity contribution in [2.24, 2.45) is 13.0 Å². The normalized spacial score (nSPS) is 11.2. The van der Waals surface area contributed by atoms with Crippen LogP contribution in [0.1, 0.15) is 25.0 Å². The second kappa shape index (κ2) is 6.95. The Hall–Kier alpha value is -1.26. The van der Waals surface area contributed by atoms with E-state index in [1.165, 1.54) is 16.0 Å². The summed E-state index contributed by atoms with van der Waals surface area (Å²) in [6.45, 7) is 8.61. The van der Waals surface area contributed by atoms with Crippen LogP contribution in [-0.2, 0) is 13.6 Å². The van der Waals surface area contributed by atoms with E-state index in [1.807, 2.05) is 24.0 Å². The predicted octanol–water partition coefficient (Wildman–Crippen LogP) is 3.63. The summed E-state index contributed by atoms with van der Waals surface area (Å²) in [5.74, 6) is 0.689. The smallest absolute Gasteiger partial charge is 0.172 e. The number of aromatic nitrogens is 2. The van der Waals surface area contributed by atoms with Crippen molar-refractivity contribution in [1.29, 1.82) is 0 Å². The van der Waals surface area contributed by atoms with E-state index >= 15 is 0 Å². The quantitative estimate of drug-likeness (QED) is 0.881. The summed E-state index contributed by atoms with van der Waals surface area (Å²) in [4.78, 5) is 5.63. The molecule has 0 saturated heterocycles. The van der Waals surface area contributed by atoms with Crippen LogP contribution in [0.4, 0.5) is 0 Å². The molecule has 0 amide bonds. The molecular formula is C16H23N3S. The Labute approximate surface area is 125 Å². The van der Waals surface area contributed by atoms with Gasteiger partial charge in [0.15, 0.2) is 5.16 Å². The van der Waals surface area contributed by atoms with Crippen LogP contribution in [0.3, 0.4) is 0 Å². The lowest BCUT2D eigenvalue weighted by molar-refractivity contribution is 0.552. The molecule has 0 atom stereocenters. The molecule has 1 aromatic heterocycles. The first-order chi connectivity index (χ1) is 9.56. The van der Waals surface area contributed by atoms with E-state index in [1.54, 1.807) is 11.8 Å². The molecule has 3 nitrogen and oxygen atoms in total. The van der Waals surface area contributed by atoms with E-state index < -0.39 is 0 Å². The average Bonchev–Trinajstić information content (AvgIpc) is 2.78. The van der Waals surface area contributed by atoms with Crippen molar-refractivity contribution in [3.8, 4) is 0 Å². The number of hydrogen-bond donors (Lipinski definition) is 1. The van der Waals surface area contributed by atoms with Gasteiger partial charge in [0.05, 0.1) is 0 Å². The second-order valence-corrected chi connectivity index (χ2v) is 6.56. The van der Waals surface area contributed by atoms with Crippen molar-refractivity contribution in [1.82, 2.24) is 14.9 Å². The van der Waals surface area contributed by atoms with Gasteiger partial charge >= 0.3 is 0 Å². The fraction of sp³-hybridized carbons (Fsp3) is 0.438. The molecule has 0 aliphatic heterocycles. The minimum Gasteiger partial charge on any atom is -0.329 e. The van der Waals surface area contributed by atoms with Crippen molar-refractivity contribution in [3.05, 3.63) is 41.7 Å². The fourth-order valence-corrected chi connectivity index (χ4v) is 2.86. The summed E-state index contributed by atoms with van der Waals surface area (Å²) in [7, 11) is 2.02. The van der Waals surface area contributed by atoms with Gasteiger partial charge in [-0.2, -0.15) is 0 Å². The molecule has 0 spiro atoms. The lowest BCUT2D eigenvalue weighted by atomic mass is 10.1. The lowest BCUT2D eigenvalue weighted by Gasteiger charge is -2.10. The molecule has 0 bridgehead atoms. The maximum Gasteiger partial charge on any atom is 0.172 e. The Morgan fingerprint density at radius 2 is 2.15 bits per heavy atom. The van der Waals surface area contributed by atoms with Gasteiger partial charge in [0.2, 0.25) is 0 Å². The monoisotopic (exact) mass is 289 g/mol. The Kier molecular flexibility index (Phi) is 5.26. The molecule has 108 valence electrons. The van der Waals surface area contributed by atoms with Crippen LogP contribution >= 0.6 is 11.8 Å². The van der Waals surface area contributed by atoms with Crippen LogP contribution in [0.15, 0.2) is 40.6 Å². The minimum absolute atomic E-state index is 0.689.